The minimum absolute atomic E-state index is 0.0761. The van der Waals surface area contributed by atoms with Crippen LogP contribution in [-0.2, 0) is 16.0 Å². The number of benzene rings is 1. The van der Waals surface area contributed by atoms with E-state index in [9.17, 15) is 14.7 Å². The van der Waals surface area contributed by atoms with E-state index in [1.165, 1.54) is 4.90 Å². The van der Waals surface area contributed by atoms with Crippen LogP contribution in [0.25, 0.3) is 0 Å². The quantitative estimate of drug-likeness (QED) is 0.810. The number of aliphatic hydroxyl groups excluding tert-OH is 1. The minimum Gasteiger partial charge on any atom is -0.480 e. The molecule has 2 rings (SSSR count). The van der Waals surface area contributed by atoms with Crippen molar-refractivity contribution in [2.24, 2.45) is 5.92 Å². The maximum atomic E-state index is 11.9. The van der Waals surface area contributed by atoms with Gasteiger partial charge < -0.3 is 15.1 Å². The first-order valence-corrected chi connectivity index (χ1v) is 6.79. The van der Waals surface area contributed by atoms with Gasteiger partial charge in [-0.25, -0.2) is 4.79 Å². The molecule has 2 atom stereocenters. The number of hydrogen-bond donors (Lipinski definition) is 2. The molecule has 0 radical (unpaired) electrons. The van der Waals surface area contributed by atoms with Crippen LogP contribution in [0.2, 0.25) is 0 Å². The zero-order valence-corrected chi connectivity index (χ0v) is 11.2. The van der Waals surface area contributed by atoms with Crippen molar-refractivity contribution in [1.82, 2.24) is 4.90 Å². The van der Waals surface area contributed by atoms with Crippen molar-refractivity contribution in [2.75, 3.05) is 13.2 Å². The molecule has 1 heterocycles. The monoisotopic (exact) mass is 277 g/mol. The Bertz CT molecular complexity index is 474. The van der Waals surface area contributed by atoms with E-state index in [0.29, 0.717) is 19.4 Å². The third-order valence-corrected chi connectivity index (χ3v) is 3.71. The van der Waals surface area contributed by atoms with Gasteiger partial charge in [-0.1, -0.05) is 30.3 Å². The lowest BCUT2D eigenvalue weighted by Crippen LogP contribution is -2.42. The average Bonchev–Trinajstić information content (AvgIpc) is 2.81. The zero-order valence-electron chi connectivity index (χ0n) is 11.2. The van der Waals surface area contributed by atoms with Gasteiger partial charge in [0.2, 0.25) is 5.91 Å². The van der Waals surface area contributed by atoms with Crippen LogP contribution in [0.4, 0.5) is 0 Å². The van der Waals surface area contributed by atoms with Crippen molar-refractivity contribution in [2.45, 2.75) is 25.3 Å². The Morgan fingerprint density at radius 3 is 2.60 bits per heavy atom. The van der Waals surface area contributed by atoms with E-state index < -0.39 is 12.0 Å². The molecule has 108 valence electrons. The van der Waals surface area contributed by atoms with E-state index in [-0.39, 0.29) is 24.9 Å². The van der Waals surface area contributed by atoms with Crippen LogP contribution in [0.5, 0.6) is 0 Å². The highest BCUT2D eigenvalue weighted by molar-refractivity contribution is 5.85. The summed E-state index contributed by atoms with van der Waals surface area (Å²) in [7, 11) is 0. The molecule has 1 aliphatic heterocycles. The summed E-state index contributed by atoms with van der Waals surface area (Å²) in [6.45, 7) is 0.258. The Balaban J connectivity index is 2.01. The molecule has 0 spiro atoms. The Morgan fingerprint density at radius 1 is 1.35 bits per heavy atom. The first kappa shape index (κ1) is 14.5. The SMILES string of the molecule is O=C(O)[C@H](CCc1ccccc1)N1CC(CO)CC1=O. The number of hydrogen-bond acceptors (Lipinski definition) is 3. The second kappa shape index (κ2) is 6.52. The van der Waals surface area contributed by atoms with Crippen LogP contribution in [0.15, 0.2) is 30.3 Å². The number of nitrogens with zero attached hydrogens (tertiary/aromatic N) is 1. The molecule has 0 saturated carbocycles. The number of amides is 1. The van der Waals surface area contributed by atoms with Crippen molar-refractivity contribution < 1.29 is 19.8 Å². The van der Waals surface area contributed by atoms with Gasteiger partial charge in [-0.15, -0.1) is 0 Å². The Kier molecular flexibility index (Phi) is 4.74. The van der Waals surface area contributed by atoms with Crippen LogP contribution in [0.3, 0.4) is 0 Å². The Hall–Kier alpha value is -1.88. The van der Waals surface area contributed by atoms with Gasteiger partial charge in [-0.2, -0.15) is 0 Å². The second-order valence-electron chi connectivity index (χ2n) is 5.18. The molecule has 1 aromatic carbocycles. The lowest BCUT2D eigenvalue weighted by Gasteiger charge is -2.24. The number of carbonyl (C=O) groups excluding carboxylic acids is 1. The molecule has 5 heteroatoms. The predicted octanol–water partition coefficient (Wildman–Crippen LogP) is 0.913. The van der Waals surface area contributed by atoms with Gasteiger partial charge in [0.05, 0.1) is 0 Å². The van der Waals surface area contributed by atoms with Gasteiger partial charge in [0.25, 0.3) is 0 Å². The standard InChI is InChI=1S/C15H19NO4/c17-10-12-8-14(18)16(9-12)13(15(19)20)7-6-11-4-2-1-3-5-11/h1-5,12-13,17H,6-10H2,(H,19,20)/t12?,13-/m0/s1. The number of aliphatic hydroxyl groups is 1. The molecule has 1 saturated heterocycles. The molecule has 1 amide bonds. The fourth-order valence-corrected chi connectivity index (χ4v) is 2.59. The van der Waals surface area contributed by atoms with Crippen LogP contribution >= 0.6 is 0 Å². The van der Waals surface area contributed by atoms with E-state index in [0.717, 1.165) is 5.56 Å². The fourth-order valence-electron chi connectivity index (χ4n) is 2.59. The molecule has 1 aliphatic rings. The van der Waals surface area contributed by atoms with Gasteiger partial charge in [0, 0.05) is 25.5 Å². The van der Waals surface area contributed by atoms with E-state index in [1.54, 1.807) is 0 Å². The predicted molar refractivity (Wildman–Crippen MR) is 73.1 cm³/mol. The van der Waals surface area contributed by atoms with Gasteiger partial charge >= 0.3 is 5.97 Å². The number of aliphatic carboxylic acids is 1. The van der Waals surface area contributed by atoms with Crippen molar-refractivity contribution in [1.29, 1.82) is 0 Å². The normalized spacial score (nSPS) is 20.1. The summed E-state index contributed by atoms with van der Waals surface area (Å²) in [4.78, 5) is 24.6. The minimum atomic E-state index is -0.979. The fraction of sp³-hybridized carbons (Fsp3) is 0.467. The number of aryl methyl sites for hydroxylation is 1. The summed E-state index contributed by atoms with van der Waals surface area (Å²) in [5, 5.41) is 18.4. The smallest absolute Gasteiger partial charge is 0.326 e. The molecule has 0 aliphatic carbocycles. The van der Waals surface area contributed by atoms with Crippen molar-refractivity contribution in [3.8, 4) is 0 Å². The lowest BCUT2D eigenvalue weighted by atomic mass is 10.0. The number of rotatable bonds is 6. The lowest BCUT2D eigenvalue weighted by molar-refractivity contribution is -0.148. The second-order valence-corrected chi connectivity index (χ2v) is 5.18. The third kappa shape index (κ3) is 3.36. The molecule has 5 nitrogen and oxygen atoms in total. The summed E-state index contributed by atoms with van der Waals surface area (Å²) < 4.78 is 0. The zero-order chi connectivity index (χ0) is 14.5. The maximum Gasteiger partial charge on any atom is 0.326 e. The summed E-state index contributed by atoms with van der Waals surface area (Å²) >= 11 is 0. The summed E-state index contributed by atoms with van der Waals surface area (Å²) in [5.41, 5.74) is 1.06. The van der Waals surface area contributed by atoms with E-state index in [2.05, 4.69) is 0 Å². The van der Waals surface area contributed by atoms with Crippen molar-refractivity contribution >= 4 is 11.9 Å². The van der Waals surface area contributed by atoms with Crippen LogP contribution in [-0.4, -0.2) is 46.2 Å². The number of carboxylic acid groups (broad SMARTS) is 1. The first-order chi connectivity index (χ1) is 9.61. The highest BCUT2D eigenvalue weighted by Gasteiger charge is 2.36. The van der Waals surface area contributed by atoms with E-state index in [4.69, 9.17) is 5.11 Å². The van der Waals surface area contributed by atoms with Gasteiger partial charge in [0.1, 0.15) is 6.04 Å². The van der Waals surface area contributed by atoms with Gasteiger partial charge in [0.15, 0.2) is 0 Å². The van der Waals surface area contributed by atoms with Gasteiger partial charge in [-0.3, -0.25) is 4.79 Å². The molecule has 1 aromatic rings. The molecule has 0 bridgehead atoms. The first-order valence-electron chi connectivity index (χ1n) is 6.79. The largest absolute Gasteiger partial charge is 0.480 e. The highest BCUT2D eigenvalue weighted by atomic mass is 16.4. The van der Waals surface area contributed by atoms with Crippen molar-refractivity contribution in [3.63, 3.8) is 0 Å². The average molecular weight is 277 g/mol. The van der Waals surface area contributed by atoms with E-state index >= 15 is 0 Å². The third-order valence-electron chi connectivity index (χ3n) is 3.71. The highest BCUT2D eigenvalue weighted by Crippen LogP contribution is 2.22. The number of likely N-dealkylation sites (tertiary alicyclic amines) is 1. The van der Waals surface area contributed by atoms with Gasteiger partial charge in [-0.05, 0) is 18.4 Å². The Labute approximate surface area is 117 Å². The molecular formula is C15H19NO4. The Morgan fingerprint density at radius 2 is 2.05 bits per heavy atom. The maximum absolute atomic E-state index is 11.9. The summed E-state index contributed by atoms with van der Waals surface area (Å²) in [6.07, 6.45) is 1.25. The molecule has 20 heavy (non-hydrogen) atoms. The molecule has 1 unspecified atom stereocenters. The van der Waals surface area contributed by atoms with Crippen LogP contribution in [0.1, 0.15) is 18.4 Å². The molecule has 0 aromatic heterocycles. The molecular weight excluding hydrogens is 258 g/mol. The molecule has 1 fully saturated rings. The van der Waals surface area contributed by atoms with Crippen molar-refractivity contribution in [3.05, 3.63) is 35.9 Å². The number of carbonyl (C=O) groups is 2. The van der Waals surface area contributed by atoms with Crippen LogP contribution < -0.4 is 0 Å². The topological polar surface area (TPSA) is 77.8 Å². The summed E-state index contributed by atoms with van der Waals surface area (Å²) in [5.74, 6) is -1.29. The van der Waals surface area contributed by atoms with E-state index in [1.807, 2.05) is 30.3 Å². The summed E-state index contributed by atoms with van der Waals surface area (Å²) in [6, 6.07) is 8.82. The number of carboxylic acids is 1. The van der Waals surface area contributed by atoms with Crippen LogP contribution in [0, 0.1) is 5.92 Å². The molecule has 2 N–H and O–H groups in total.